The molecule has 0 fully saturated rings. The first-order chi connectivity index (χ1) is 9.27. The normalized spacial score (nSPS) is 11.4. The topological polar surface area (TPSA) is 62.2 Å². The van der Waals surface area contributed by atoms with Crippen LogP contribution in [-0.2, 0) is 5.41 Å². The molecule has 2 N–H and O–H groups in total. The zero-order valence-electron chi connectivity index (χ0n) is 12.0. The van der Waals surface area contributed by atoms with Crippen LogP contribution in [0.4, 0.5) is 5.13 Å². The summed E-state index contributed by atoms with van der Waals surface area (Å²) in [6.07, 6.45) is 0. The molecule has 20 heavy (non-hydrogen) atoms. The zero-order chi connectivity index (χ0) is 14.9. The molecule has 4 nitrogen and oxygen atoms in total. The van der Waals surface area contributed by atoms with Crippen molar-refractivity contribution in [2.45, 2.75) is 33.1 Å². The van der Waals surface area contributed by atoms with Crippen LogP contribution in [-0.4, -0.2) is 16.0 Å². The van der Waals surface area contributed by atoms with Crippen molar-refractivity contribution in [1.82, 2.24) is 4.98 Å². The minimum Gasteiger partial charge on any atom is -0.507 e. The summed E-state index contributed by atoms with van der Waals surface area (Å²) in [7, 11) is 0. The number of nitrogens with one attached hydrogen (secondary N) is 1. The summed E-state index contributed by atoms with van der Waals surface area (Å²) in [4.78, 5) is 16.5. The third kappa shape index (κ3) is 3.17. The number of thiazole rings is 1. The summed E-state index contributed by atoms with van der Waals surface area (Å²) >= 11 is 1.38. The van der Waals surface area contributed by atoms with Gasteiger partial charge in [-0.15, -0.1) is 11.3 Å². The smallest absolute Gasteiger partial charge is 0.261 e. The highest BCUT2D eigenvalue weighted by Crippen LogP contribution is 2.27. The lowest BCUT2D eigenvalue weighted by atomic mass is 9.93. The Morgan fingerprint density at radius 3 is 2.65 bits per heavy atom. The van der Waals surface area contributed by atoms with E-state index in [1.54, 1.807) is 12.1 Å². The number of rotatable bonds is 2. The van der Waals surface area contributed by atoms with Gasteiger partial charge in [-0.3, -0.25) is 10.1 Å². The molecule has 2 aromatic rings. The van der Waals surface area contributed by atoms with Gasteiger partial charge in [0.15, 0.2) is 5.13 Å². The van der Waals surface area contributed by atoms with Gasteiger partial charge in [0.1, 0.15) is 5.75 Å². The van der Waals surface area contributed by atoms with Gasteiger partial charge in [-0.05, 0) is 19.1 Å². The molecule has 1 aromatic heterocycles. The van der Waals surface area contributed by atoms with Crippen LogP contribution in [0.2, 0.25) is 0 Å². The molecule has 1 aromatic carbocycles. The van der Waals surface area contributed by atoms with Crippen molar-refractivity contribution in [1.29, 1.82) is 0 Å². The zero-order valence-corrected chi connectivity index (χ0v) is 12.8. The molecule has 1 amide bonds. The maximum atomic E-state index is 12.1. The van der Waals surface area contributed by atoms with Crippen molar-refractivity contribution >= 4 is 22.4 Å². The van der Waals surface area contributed by atoms with Crippen LogP contribution in [0.15, 0.2) is 23.6 Å². The molecule has 0 spiro atoms. The molecule has 0 bridgehead atoms. The lowest BCUT2D eigenvalue weighted by Crippen LogP contribution is -2.14. The second kappa shape index (κ2) is 5.25. The predicted molar refractivity (Wildman–Crippen MR) is 81.6 cm³/mol. The molecule has 0 saturated carbocycles. The molecule has 0 aliphatic rings. The number of carbonyl (C=O) groups is 1. The summed E-state index contributed by atoms with van der Waals surface area (Å²) in [6.45, 7) is 8.08. The third-order valence-electron chi connectivity index (χ3n) is 2.89. The fraction of sp³-hybridized carbons (Fsp3) is 0.333. The van der Waals surface area contributed by atoms with E-state index in [2.05, 4.69) is 31.1 Å². The molecular formula is C15H18N2O2S. The quantitative estimate of drug-likeness (QED) is 0.886. The van der Waals surface area contributed by atoms with Crippen LogP contribution >= 0.6 is 11.3 Å². The van der Waals surface area contributed by atoms with Crippen LogP contribution in [0.1, 0.15) is 42.4 Å². The van der Waals surface area contributed by atoms with E-state index in [1.165, 1.54) is 17.4 Å². The first-order valence-electron chi connectivity index (χ1n) is 6.34. The Kier molecular flexibility index (Phi) is 3.81. The van der Waals surface area contributed by atoms with E-state index >= 15 is 0 Å². The first kappa shape index (κ1) is 14.5. The lowest BCUT2D eigenvalue weighted by Gasteiger charge is -2.14. The van der Waals surface area contributed by atoms with Gasteiger partial charge in [0, 0.05) is 10.8 Å². The van der Waals surface area contributed by atoms with Crippen molar-refractivity contribution in [2.75, 3.05) is 5.32 Å². The van der Waals surface area contributed by atoms with Gasteiger partial charge in [0.2, 0.25) is 0 Å². The molecule has 0 radical (unpaired) electrons. The molecule has 0 aliphatic carbocycles. The van der Waals surface area contributed by atoms with Gasteiger partial charge in [-0.25, -0.2) is 4.98 Å². The Morgan fingerprint density at radius 2 is 2.05 bits per heavy atom. The average molecular weight is 290 g/mol. The number of nitrogens with zero attached hydrogens (tertiary/aromatic N) is 1. The van der Waals surface area contributed by atoms with E-state index in [0.717, 1.165) is 11.3 Å². The van der Waals surface area contributed by atoms with Gasteiger partial charge >= 0.3 is 0 Å². The number of anilines is 1. The molecule has 106 valence electrons. The predicted octanol–water partition coefficient (Wildman–Crippen LogP) is 3.71. The Hall–Kier alpha value is -1.88. The maximum Gasteiger partial charge on any atom is 0.261 e. The number of hydrogen-bond acceptors (Lipinski definition) is 4. The summed E-state index contributed by atoms with van der Waals surface area (Å²) in [5, 5.41) is 14.9. The lowest BCUT2D eigenvalue weighted by molar-refractivity contribution is 0.102. The van der Waals surface area contributed by atoms with E-state index in [-0.39, 0.29) is 22.6 Å². The molecule has 0 atom stereocenters. The van der Waals surface area contributed by atoms with Gasteiger partial charge in [-0.1, -0.05) is 32.4 Å². The Labute approximate surface area is 122 Å². The molecule has 0 aliphatic heterocycles. The fourth-order valence-corrected chi connectivity index (χ4v) is 2.60. The van der Waals surface area contributed by atoms with E-state index in [0.29, 0.717) is 5.13 Å². The molecule has 2 rings (SSSR count). The average Bonchev–Trinajstić information content (AvgIpc) is 2.80. The fourth-order valence-electron chi connectivity index (χ4n) is 1.67. The number of hydrogen-bond donors (Lipinski definition) is 2. The van der Waals surface area contributed by atoms with E-state index in [9.17, 15) is 9.90 Å². The Morgan fingerprint density at radius 1 is 1.35 bits per heavy atom. The monoisotopic (exact) mass is 290 g/mol. The summed E-state index contributed by atoms with van der Waals surface area (Å²) < 4.78 is 0. The van der Waals surface area contributed by atoms with Crippen LogP contribution in [0.25, 0.3) is 0 Å². The number of aromatic nitrogens is 1. The number of phenols is 1. The molecule has 5 heteroatoms. The second-order valence-electron chi connectivity index (χ2n) is 5.76. The SMILES string of the molecule is Cc1ccc(O)c(C(=O)Nc2nc(C(C)(C)C)cs2)c1. The highest BCUT2D eigenvalue weighted by atomic mass is 32.1. The largest absolute Gasteiger partial charge is 0.507 e. The van der Waals surface area contributed by atoms with Crippen molar-refractivity contribution in [3.05, 3.63) is 40.4 Å². The maximum absolute atomic E-state index is 12.1. The minimum absolute atomic E-state index is 0.0271. The summed E-state index contributed by atoms with van der Waals surface area (Å²) in [5.41, 5.74) is 2.07. The van der Waals surface area contributed by atoms with Crippen LogP contribution < -0.4 is 5.32 Å². The van der Waals surface area contributed by atoms with Gasteiger partial charge in [0.25, 0.3) is 5.91 Å². The Bertz CT molecular complexity index is 642. The number of carbonyl (C=O) groups excluding carboxylic acids is 1. The van der Waals surface area contributed by atoms with E-state index in [4.69, 9.17) is 0 Å². The Balaban J connectivity index is 2.20. The highest BCUT2D eigenvalue weighted by molar-refractivity contribution is 7.14. The summed E-state index contributed by atoms with van der Waals surface area (Å²) in [5.74, 6) is -0.373. The number of aromatic hydroxyl groups is 1. The molecule has 0 unspecified atom stereocenters. The number of aryl methyl sites for hydroxylation is 1. The number of benzene rings is 1. The number of phenolic OH excluding ortho intramolecular Hbond substituents is 1. The van der Waals surface area contributed by atoms with Crippen LogP contribution in [0, 0.1) is 6.92 Å². The van der Waals surface area contributed by atoms with Gasteiger partial charge < -0.3 is 5.11 Å². The van der Waals surface area contributed by atoms with Gasteiger partial charge in [0.05, 0.1) is 11.3 Å². The van der Waals surface area contributed by atoms with Crippen molar-refractivity contribution in [2.24, 2.45) is 0 Å². The summed E-state index contributed by atoms with van der Waals surface area (Å²) in [6, 6.07) is 4.93. The molecule has 1 heterocycles. The molecular weight excluding hydrogens is 272 g/mol. The standard InChI is InChI=1S/C15H18N2O2S/c1-9-5-6-11(18)10(7-9)13(19)17-14-16-12(8-20-14)15(2,3)4/h5-8,18H,1-4H3,(H,16,17,19). The first-order valence-corrected chi connectivity index (χ1v) is 7.22. The van der Waals surface area contributed by atoms with E-state index in [1.807, 2.05) is 12.3 Å². The van der Waals surface area contributed by atoms with Gasteiger partial charge in [-0.2, -0.15) is 0 Å². The van der Waals surface area contributed by atoms with Crippen molar-refractivity contribution in [3.63, 3.8) is 0 Å². The minimum atomic E-state index is -0.346. The third-order valence-corrected chi connectivity index (χ3v) is 3.65. The van der Waals surface area contributed by atoms with E-state index < -0.39 is 0 Å². The van der Waals surface area contributed by atoms with Crippen molar-refractivity contribution in [3.8, 4) is 5.75 Å². The van der Waals surface area contributed by atoms with Crippen LogP contribution in [0.5, 0.6) is 5.75 Å². The second-order valence-corrected chi connectivity index (χ2v) is 6.62. The highest BCUT2D eigenvalue weighted by Gasteiger charge is 2.19. The molecule has 0 saturated heterocycles. The van der Waals surface area contributed by atoms with Crippen LogP contribution in [0.3, 0.4) is 0 Å². The number of amides is 1. The van der Waals surface area contributed by atoms with Crippen molar-refractivity contribution < 1.29 is 9.90 Å².